The Morgan fingerprint density at radius 3 is 2.66 bits per heavy atom. The maximum Gasteiger partial charge on any atom is 0.256 e. The zero-order valence-corrected chi connectivity index (χ0v) is 19.4. The molecule has 2 amide bonds. The van der Waals surface area contributed by atoms with Gasteiger partial charge in [-0.3, -0.25) is 9.59 Å². The molecule has 0 atom stereocenters. The Morgan fingerprint density at radius 1 is 1.16 bits per heavy atom. The molecule has 1 aromatic carbocycles. The van der Waals surface area contributed by atoms with Crippen molar-refractivity contribution in [3.8, 4) is 5.75 Å². The van der Waals surface area contributed by atoms with Gasteiger partial charge in [-0.05, 0) is 62.4 Å². The second-order valence-corrected chi connectivity index (χ2v) is 9.11. The van der Waals surface area contributed by atoms with Crippen molar-refractivity contribution in [3.05, 3.63) is 69.9 Å². The molecule has 3 aromatic rings. The molecule has 32 heavy (non-hydrogen) atoms. The molecule has 0 spiro atoms. The van der Waals surface area contributed by atoms with Gasteiger partial charge in [-0.1, -0.05) is 6.08 Å². The Morgan fingerprint density at radius 2 is 1.94 bits per heavy atom. The van der Waals surface area contributed by atoms with Crippen LogP contribution < -0.4 is 15.4 Å². The third kappa shape index (κ3) is 4.89. The first-order valence-electron chi connectivity index (χ1n) is 10.4. The van der Waals surface area contributed by atoms with Crippen LogP contribution in [0, 0.1) is 6.92 Å². The van der Waals surface area contributed by atoms with Crippen molar-refractivity contribution >= 4 is 39.9 Å². The number of benzene rings is 1. The monoisotopic (exact) mass is 468 g/mol. The third-order valence-electron chi connectivity index (χ3n) is 5.27. The molecule has 0 saturated carbocycles. The van der Waals surface area contributed by atoms with Crippen LogP contribution in [0.5, 0.6) is 5.75 Å². The fraction of sp³-hybridized carbons (Fsp3) is 0.304. The number of anilines is 1. The Bertz CT molecular complexity index is 1130. The lowest BCUT2D eigenvalue weighted by Crippen LogP contribution is -2.25. The summed E-state index contributed by atoms with van der Waals surface area (Å²) in [5, 5.41) is 6.41. The molecule has 2 N–H and O–H groups in total. The van der Waals surface area contributed by atoms with Crippen LogP contribution in [0.2, 0.25) is 0 Å². The van der Waals surface area contributed by atoms with E-state index in [2.05, 4.69) is 26.0 Å². The van der Waals surface area contributed by atoms with Crippen LogP contribution in [0.15, 0.2) is 36.9 Å². The Labute approximate surface area is 194 Å². The minimum Gasteiger partial charge on any atom is -0.487 e. The molecular weight excluding hydrogens is 444 g/mol. The number of aryl methyl sites for hydroxylation is 2. The highest BCUT2D eigenvalue weighted by molar-refractivity contribution is 7.17. The van der Waals surface area contributed by atoms with Gasteiger partial charge in [0.05, 0.1) is 23.0 Å². The maximum absolute atomic E-state index is 12.9. The number of aromatic nitrogens is 2. The first-order chi connectivity index (χ1) is 15.6. The molecule has 0 fully saturated rings. The van der Waals surface area contributed by atoms with Crippen LogP contribution in [0.3, 0.4) is 0 Å². The van der Waals surface area contributed by atoms with E-state index in [0.717, 1.165) is 54.4 Å². The fourth-order valence-electron chi connectivity index (χ4n) is 3.56. The number of hydrogen-bond donors (Lipinski definition) is 2. The van der Waals surface area contributed by atoms with Gasteiger partial charge < -0.3 is 15.4 Å². The molecular formula is C23H24N4O3S2. The van der Waals surface area contributed by atoms with Crippen molar-refractivity contribution in [2.75, 3.05) is 11.9 Å². The van der Waals surface area contributed by atoms with Crippen LogP contribution in [-0.4, -0.2) is 27.1 Å². The number of ether oxygens (including phenoxy) is 1. The maximum atomic E-state index is 12.9. The Kier molecular flexibility index (Phi) is 6.96. The molecule has 0 bridgehead atoms. The molecule has 4 rings (SSSR count). The minimum atomic E-state index is -0.257. The van der Waals surface area contributed by atoms with Gasteiger partial charge in [0.15, 0.2) is 0 Å². The number of rotatable bonds is 8. The summed E-state index contributed by atoms with van der Waals surface area (Å²) >= 11 is 2.66. The van der Waals surface area contributed by atoms with E-state index < -0.39 is 0 Å². The van der Waals surface area contributed by atoms with Crippen molar-refractivity contribution in [1.82, 2.24) is 14.1 Å². The lowest BCUT2D eigenvalue weighted by molar-refractivity contribution is 0.0958. The molecule has 166 valence electrons. The normalized spacial score (nSPS) is 12.7. The zero-order valence-electron chi connectivity index (χ0n) is 17.8. The van der Waals surface area contributed by atoms with Gasteiger partial charge in [-0.15, -0.1) is 17.9 Å². The average molecular weight is 469 g/mol. The quantitative estimate of drug-likeness (QED) is 0.474. The van der Waals surface area contributed by atoms with E-state index in [9.17, 15) is 9.59 Å². The van der Waals surface area contributed by atoms with Gasteiger partial charge in [-0.2, -0.15) is 8.75 Å². The first-order valence-corrected chi connectivity index (χ1v) is 12.0. The number of fused-ring (bicyclic) bond motifs is 1. The van der Waals surface area contributed by atoms with Crippen LogP contribution in [0.1, 0.15) is 55.4 Å². The van der Waals surface area contributed by atoms with E-state index in [1.54, 1.807) is 30.3 Å². The zero-order chi connectivity index (χ0) is 22.5. The number of hydrogen-bond acceptors (Lipinski definition) is 7. The number of nitrogens with one attached hydrogen (secondary N) is 2. The highest BCUT2D eigenvalue weighted by atomic mass is 32.1. The van der Waals surface area contributed by atoms with E-state index in [-0.39, 0.29) is 11.8 Å². The van der Waals surface area contributed by atoms with Gasteiger partial charge in [-0.25, -0.2) is 0 Å². The molecule has 1 aliphatic rings. The van der Waals surface area contributed by atoms with E-state index in [0.29, 0.717) is 35.0 Å². The molecule has 0 radical (unpaired) electrons. The van der Waals surface area contributed by atoms with Crippen LogP contribution in [0.4, 0.5) is 5.00 Å². The molecule has 0 aliphatic heterocycles. The largest absolute Gasteiger partial charge is 0.487 e. The van der Waals surface area contributed by atoms with Gasteiger partial charge in [0.25, 0.3) is 11.8 Å². The van der Waals surface area contributed by atoms with Crippen molar-refractivity contribution in [2.24, 2.45) is 0 Å². The summed E-state index contributed by atoms with van der Waals surface area (Å²) < 4.78 is 14.1. The SMILES string of the molecule is C=CCNC(=O)c1c(NC(=O)c2ccc(OCc3nsnc3C)cc2)sc2c1CCCC2. The van der Waals surface area contributed by atoms with Gasteiger partial charge >= 0.3 is 0 Å². The molecule has 2 heterocycles. The molecule has 1 aliphatic carbocycles. The highest BCUT2D eigenvalue weighted by Crippen LogP contribution is 2.38. The number of thiophene rings is 1. The van der Waals surface area contributed by atoms with E-state index >= 15 is 0 Å². The lowest BCUT2D eigenvalue weighted by atomic mass is 9.95. The third-order valence-corrected chi connectivity index (χ3v) is 7.14. The summed E-state index contributed by atoms with van der Waals surface area (Å²) in [4.78, 5) is 26.9. The Balaban J connectivity index is 1.47. The predicted octanol–water partition coefficient (Wildman–Crippen LogP) is 4.53. The molecule has 0 unspecified atom stereocenters. The first kappa shape index (κ1) is 22.2. The smallest absolute Gasteiger partial charge is 0.256 e. The van der Waals surface area contributed by atoms with Crippen molar-refractivity contribution in [1.29, 1.82) is 0 Å². The van der Waals surface area contributed by atoms with Crippen LogP contribution in [0.25, 0.3) is 0 Å². The molecule has 7 nitrogen and oxygen atoms in total. The van der Waals surface area contributed by atoms with Crippen molar-refractivity contribution in [2.45, 2.75) is 39.2 Å². The number of amides is 2. The van der Waals surface area contributed by atoms with Crippen LogP contribution >= 0.6 is 23.1 Å². The summed E-state index contributed by atoms with van der Waals surface area (Å²) in [6.07, 6.45) is 5.60. The summed E-state index contributed by atoms with van der Waals surface area (Å²) in [7, 11) is 0. The molecule has 0 saturated heterocycles. The molecule has 2 aromatic heterocycles. The summed E-state index contributed by atoms with van der Waals surface area (Å²) in [6.45, 7) is 6.26. The second-order valence-electron chi connectivity index (χ2n) is 7.48. The number of carbonyl (C=O) groups is 2. The topological polar surface area (TPSA) is 93.2 Å². The van der Waals surface area contributed by atoms with Crippen molar-refractivity contribution < 1.29 is 14.3 Å². The highest BCUT2D eigenvalue weighted by Gasteiger charge is 2.26. The minimum absolute atomic E-state index is 0.171. The summed E-state index contributed by atoms with van der Waals surface area (Å²) in [5.74, 6) is 0.215. The van der Waals surface area contributed by atoms with Gasteiger partial charge in [0, 0.05) is 17.0 Å². The number of nitrogens with zero attached hydrogens (tertiary/aromatic N) is 2. The average Bonchev–Trinajstić information content (AvgIpc) is 3.38. The van der Waals surface area contributed by atoms with E-state index in [4.69, 9.17) is 4.74 Å². The molecule has 9 heteroatoms. The summed E-state index contributed by atoms with van der Waals surface area (Å²) in [6, 6.07) is 6.92. The fourth-order valence-corrected chi connectivity index (χ4v) is 5.39. The van der Waals surface area contributed by atoms with E-state index in [1.807, 2.05) is 6.92 Å². The second kappa shape index (κ2) is 10.1. The lowest BCUT2D eigenvalue weighted by Gasteiger charge is -2.13. The summed E-state index contributed by atoms with van der Waals surface area (Å²) in [5.41, 5.74) is 3.81. The number of carbonyl (C=O) groups excluding carboxylic acids is 2. The predicted molar refractivity (Wildman–Crippen MR) is 127 cm³/mol. The van der Waals surface area contributed by atoms with Gasteiger partial charge in [0.2, 0.25) is 0 Å². The van der Waals surface area contributed by atoms with Gasteiger partial charge in [0.1, 0.15) is 23.1 Å². The van der Waals surface area contributed by atoms with Crippen LogP contribution in [-0.2, 0) is 19.4 Å². The van der Waals surface area contributed by atoms with E-state index in [1.165, 1.54) is 16.2 Å². The Hall–Kier alpha value is -3.04. The standard InChI is InChI=1S/C23H24N4O3S2/c1-3-12-24-22(29)20-17-6-4-5-7-19(17)31-23(20)25-21(28)15-8-10-16(11-9-15)30-13-18-14(2)26-32-27-18/h3,8-11H,1,4-7,12-13H2,2H3,(H,24,29)(H,25,28). The van der Waals surface area contributed by atoms with Crippen molar-refractivity contribution in [3.63, 3.8) is 0 Å².